The van der Waals surface area contributed by atoms with Crippen LogP contribution in [0.1, 0.15) is 0 Å². The standard InChI is InChI=1S/C14H18N4O5/c19-6-10(12(22)13(23)11(21)7-20)16-18-14-9-4-2-1-3-8(9)5-15-17-14/h1-5,11-13,19-23H,6-7H2,(H,17,18)/b16-10-/t11-,12+,13-/m1/s1. The average Bonchev–Trinajstić information content (AvgIpc) is 2.60. The SMILES string of the molecule is OC/C(=N/Nc1nncc2ccccc12)[C@H](O)[C@H](O)[C@H](O)CO. The number of anilines is 1. The lowest BCUT2D eigenvalue weighted by Gasteiger charge is -2.22. The van der Waals surface area contributed by atoms with Gasteiger partial charge in [0.1, 0.15) is 18.3 Å². The topological polar surface area (TPSA) is 151 Å². The smallest absolute Gasteiger partial charge is 0.176 e. The van der Waals surface area contributed by atoms with Crippen LogP contribution in [-0.4, -0.2) is 73.0 Å². The summed E-state index contributed by atoms with van der Waals surface area (Å²) >= 11 is 0. The Morgan fingerprint density at radius 3 is 2.61 bits per heavy atom. The minimum absolute atomic E-state index is 0.222. The van der Waals surface area contributed by atoms with Crippen molar-refractivity contribution in [3.63, 3.8) is 0 Å². The van der Waals surface area contributed by atoms with Gasteiger partial charge in [-0.15, -0.1) is 5.10 Å². The molecule has 0 aliphatic rings. The summed E-state index contributed by atoms with van der Waals surface area (Å²) in [5.74, 6) is 0.304. The van der Waals surface area contributed by atoms with Gasteiger partial charge in [-0.1, -0.05) is 24.3 Å². The van der Waals surface area contributed by atoms with Crippen LogP contribution in [0, 0.1) is 0 Å². The van der Waals surface area contributed by atoms with E-state index in [1.165, 1.54) is 0 Å². The van der Waals surface area contributed by atoms with Crippen molar-refractivity contribution < 1.29 is 25.5 Å². The fraction of sp³-hybridized carbons (Fsp3) is 0.357. The van der Waals surface area contributed by atoms with Gasteiger partial charge in [-0.25, -0.2) is 0 Å². The van der Waals surface area contributed by atoms with Crippen molar-refractivity contribution in [1.29, 1.82) is 0 Å². The van der Waals surface area contributed by atoms with Crippen molar-refractivity contribution in [2.75, 3.05) is 18.6 Å². The zero-order valence-corrected chi connectivity index (χ0v) is 12.1. The maximum atomic E-state index is 9.88. The van der Waals surface area contributed by atoms with E-state index in [0.29, 0.717) is 5.82 Å². The summed E-state index contributed by atoms with van der Waals surface area (Å²) in [6, 6.07) is 7.28. The first-order valence-corrected chi connectivity index (χ1v) is 6.87. The molecule has 124 valence electrons. The highest BCUT2D eigenvalue weighted by Crippen LogP contribution is 2.19. The van der Waals surface area contributed by atoms with Gasteiger partial charge < -0.3 is 25.5 Å². The second kappa shape index (κ2) is 7.90. The molecule has 0 aliphatic carbocycles. The first-order chi connectivity index (χ1) is 11.1. The molecular formula is C14H18N4O5. The molecular weight excluding hydrogens is 304 g/mol. The van der Waals surface area contributed by atoms with E-state index in [1.807, 2.05) is 18.2 Å². The van der Waals surface area contributed by atoms with Crippen molar-refractivity contribution in [3.05, 3.63) is 30.5 Å². The predicted octanol–water partition coefficient (Wildman–Crippen LogP) is -1.54. The third-order valence-electron chi connectivity index (χ3n) is 3.28. The number of rotatable bonds is 7. The molecule has 9 nitrogen and oxygen atoms in total. The number of hydrogen-bond acceptors (Lipinski definition) is 9. The number of fused-ring (bicyclic) bond motifs is 1. The number of nitrogens with zero attached hydrogens (tertiary/aromatic N) is 3. The summed E-state index contributed by atoms with van der Waals surface area (Å²) in [4.78, 5) is 0. The lowest BCUT2D eigenvalue weighted by atomic mass is 10.0. The zero-order valence-electron chi connectivity index (χ0n) is 12.1. The predicted molar refractivity (Wildman–Crippen MR) is 82.8 cm³/mol. The van der Waals surface area contributed by atoms with Crippen LogP contribution < -0.4 is 5.43 Å². The van der Waals surface area contributed by atoms with Crippen molar-refractivity contribution in [1.82, 2.24) is 10.2 Å². The molecule has 0 unspecified atom stereocenters. The van der Waals surface area contributed by atoms with Gasteiger partial charge in [-0.3, -0.25) is 5.43 Å². The van der Waals surface area contributed by atoms with Crippen LogP contribution in [0.3, 0.4) is 0 Å². The molecule has 2 rings (SSSR count). The largest absolute Gasteiger partial charge is 0.394 e. The Morgan fingerprint density at radius 2 is 1.91 bits per heavy atom. The van der Waals surface area contributed by atoms with Gasteiger partial charge in [0, 0.05) is 10.8 Å². The Labute approximate surface area is 131 Å². The van der Waals surface area contributed by atoms with Gasteiger partial charge in [-0.2, -0.15) is 10.2 Å². The highest BCUT2D eigenvalue weighted by Gasteiger charge is 2.28. The monoisotopic (exact) mass is 322 g/mol. The minimum Gasteiger partial charge on any atom is -0.394 e. The molecule has 0 spiro atoms. The van der Waals surface area contributed by atoms with E-state index in [0.717, 1.165) is 10.8 Å². The van der Waals surface area contributed by atoms with Crippen LogP contribution in [0.5, 0.6) is 0 Å². The minimum atomic E-state index is -1.69. The third kappa shape index (κ3) is 3.97. The molecule has 3 atom stereocenters. The van der Waals surface area contributed by atoms with Crippen molar-refractivity contribution >= 4 is 22.3 Å². The number of hydrazone groups is 1. The maximum absolute atomic E-state index is 9.88. The molecule has 1 aromatic carbocycles. The van der Waals surface area contributed by atoms with Gasteiger partial charge in [0.15, 0.2) is 5.82 Å². The molecule has 6 N–H and O–H groups in total. The molecule has 0 saturated carbocycles. The summed E-state index contributed by atoms with van der Waals surface area (Å²) in [5, 5.41) is 60.0. The van der Waals surface area contributed by atoms with Crippen LogP contribution in [-0.2, 0) is 0 Å². The molecule has 1 aromatic heterocycles. The summed E-state index contributed by atoms with van der Waals surface area (Å²) in [7, 11) is 0. The molecule has 0 amide bonds. The van der Waals surface area contributed by atoms with Gasteiger partial charge in [0.2, 0.25) is 0 Å². The van der Waals surface area contributed by atoms with Gasteiger partial charge in [-0.05, 0) is 0 Å². The molecule has 0 bridgehead atoms. The lowest BCUT2D eigenvalue weighted by molar-refractivity contribution is -0.0564. The summed E-state index contributed by atoms with van der Waals surface area (Å²) in [6.07, 6.45) is -3.32. The summed E-state index contributed by atoms with van der Waals surface area (Å²) in [5.41, 5.74) is 2.35. The van der Waals surface area contributed by atoms with Crippen LogP contribution in [0.2, 0.25) is 0 Å². The molecule has 0 fully saturated rings. The molecule has 23 heavy (non-hydrogen) atoms. The van der Waals surface area contributed by atoms with Crippen LogP contribution in [0.4, 0.5) is 5.82 Å². The van der Waals surface area contributed by atoms with Crippen molar-refractivity contribution in [2.45, 2.75) is 18.3 Å². The average molecular weight is 322 g/mol. The fourth-order valence-electron chi connectivity index (χ4n) is 1.95. The first kappa shape index (κ1) is 17.2. The molecule has 2 aromatic rings. The van der Waals surface area contributed by atoms with E-state index in [-0.39, 0.29) is 5.71 Å². The van der Waals surface area contributed by atoms with Crippen molar-refractivity contribution in [3.8, 4) is 0 Å². The number of hydrogen-bond donors (Lipinski definition) is 6. The van der Waals surface area contributed by atoms with Crippen LogP contribution >= 0.6 is 0 Å². The van der Waals surface area contributed by atoms with E-state index < -0.39 is 31.5 Å². The Hall–Kier alpha value is -2.17. The Balaban J connectivity index is 2.21. The van der Waals surface area contributed by atoms with E-state index >= 15 is 0 Å². The number of benzene rings is 1. The second-order valence-corrected chi connectivity index (χ2v) is 4.84. The number of nitrogens with one attached hydrogen (secondary N) is 1. The van der Waals surface area contributed by atoms with E-state index in [9.17, 15) is 20.4 Å². The highest BCUT2D eigenvalue weighted by molar-refractivity contribution is 5.93. The first-order valence-electron chi connectivity index (χ1n) is 6.87. The van der Waals surface area contributed by atoms with Gasteiger partial charge in [0.05, 0.1) is 25.1 Å². The van der Waals surface area contributed by atoms with Crippen molar-refractivity contribution in [2.24, 2.45) is 5.10 Å². The molecule has 0 saturated heterocycles. The number of aliphatic hydroxyl groups is 5. The van der Waals surface area contributed by atoms with Gasteiger partial charge >= 0.3 is 0 Å². The molecule has 0 aliphatic heterocycles. The highest BCUT2D eigenvalue weighted by atomic mass is 16.4. The number of aliphatic hydroxyl groups excluding tert-OH is 5. The quantitative estimate of drug-likeness (QED) is 0.265. The number of aromatic nitrogens is 2. The van der Waals surface area contributed by atoms with Crippen LogP contribution in [0.25, 0.3) is 10.8 Å². The Morgan fingerprint density at radius 1 is 1.17 bits per heavy atom. The van der Waals surface area contributed by atoms with E-state index in [2.05, 4.69) is 20.7 Å². The zero-order chi connectivity index (χ0) is 16.8. The third-order valence-corrected chi connectivity index (χ3v) is 3.28. The molecule has 1 heterocycles. The van der Waals surface area contributed by atoms with E-state index in [1.54, 1.807) is 12.3 Å². The molecule has 9 heteroatoms. The Kier molecular flexibility index (Phi) is 5.90. The Bertz CT molecular complexity index is 676. The normalized spacial score (nSPS) is 16.1. The van der Waals surface area contributed by atoms with Crippen LogP contribution in [0.15, 0.2) is 35.6 Å². The van der Waals surface area contributed by atoms with E-state index in [4.69, 9.17) is 5.11 Å². The lowest BCUT2D eigenvalue weighted by Crippen LogP contribution is -2.45. The maximum Gasteiger partial charge on any atom is 0.176 e. The summed E-state index contributed by atoms with van der Waals surface area (Å²) in [6.45, 7) is -1.40. The summed E-state index contributed by atoms with van der Waals surface area (Å²) < 4.78 is 0. The molecule has 0 radical (unpaired) electrons. The van der Waals surface area contributed by atoms with Gasteiger partial charge in [0.25, 0.3) is 0 Å². The fourth-order valence-corrected chi connectivity index (χ4v) is 1.95. The second-order valence-electron chi connectivity index (χ2n) is 4.84.